The summed E-state index contributed by atoms with van der Waals surface area (Å²) in [5.41, 5.74) is 3.92. The van der Waals surface area contributed by atoms with Crippen molar-refractivity contribution in [2.24, 2.45) is 0 Å². The molecule has 0 aliphatic heterocycles. The van der Waals surface area contributed by atoms with Crippen LogP contribution in [-0.2, 0) is 0 Å². The zero-order valence-electron chi connectivity index (χ0n) is 12.5. The van der Waals surface area contributed by atoms with Gasteiger partial charge in [-0.05, 0) is 26.8 Å². The molecule has 0 spiro atoms. The smallest absolute Gasteiger partial charge is 0.162 e. The van der Waals surface area contributed by atoms with E-state index in [1.807, 2.05) is 10.2 Å². The first-order valence-electron chi connectivity index (χ1n) is 6.91. The van der Waals surface area contributed by atoms with Crippen LogP contribution in [0.4, 0.5) is 0 Å². The van der Waals surface area contributed by atoms with Crippen LogP contribution in [0.25, 0.3) is 0 Å². The molecule has 0 amide bonds. The Bertz CT molecular complexity index is 521. The number of nitrogens with one attached hydrogen (secondary N) is 1. The molecule has 1 N–H and O–H groups in total. The molecule has 2 heterocycles. The number of methoxy groups -OCH3 is 1. The fourth-order valence-corrected chi connectivity index (χ4v) is 2.77. The molecule has 0 aliphatic carbocycles. The second kappa shape index (κ2) is 6.85. The first kappa shape index (κ1) is 15.0. The second-order valence-corrected chi connectivity index (χ2v) is 5.66. The van der Waals surface area contributed by atoms with E-state index < -0.39 is 0 Å². The molecule has 6 heteroatoms. The lowest BCUT2D eigenvalue weighted by Gasteiger charge is -2.21. The highest BCUT2D eigenvalue weighted by molar-refractivity contribution is 7.07. The van der Waals surface area contributed by atoms with Crippen LogP contribution in [0.1, 0.15) is 50.7 Å². The summed E-state index contributed by atoms with van der Waals surface area (Å²) in [6.45, 7) is 7.32. The molecular weight excluding hydrogens is 272 g/mol. The summed E-state index contributed by atoms with van der Waals surface area (Å²) in [6.07, 6.45) is 2.85. The van der Waals surface area contributed by atoms with Gasteiger partial charge in [0.1, 0.15) is 5.69 Å². The summed E-state index contributed by atoms with van der Waals surface area (Å²) < 4.78 is 7.49. The van der Waals surface area contributed by atoms with Gasteiger partial charge >= 0.3 is 0 Å². The fraction of sp³-hybridized carbons (Fsp3) is 0.571. The Morgan fingerprint density at radius 3 is 2.80 bits per heavy atom. The van der Waals surface area contributed by atoms with Crippen LogP contribution in [0, 0.1) is 0 Å². The first-order chi connectivity index (χ1) is 9.69. The van der Waals surface area contributed by atoms with Gasteiger partial charge in [0.05, 0.1) is 30.6 Å². The molecule has 2 rings (SSSR count). The van der Waals surface area contributed by atoms with E-state index in [0.29, 0.717) is 0 Å². The normalized spacial score (nSPS) is 12.8. The maximum atomic E-state index is 5.49. The molecule has 0 aliphatic rings. The Kier molecular flexibility index (Phi) is 5.14. The van der Waals surface area contributed by atoms with E-state index in [2.05, 4.69) is 41.6 Å². The number of hydrogen-bond acceptors (Lipinski definition) is 5. The lowest BCUT2D eigenvalue weighted by molar-refractivity contribution is 0.392. The van der Waals surface area contributed by atoms with E-state index in [-0.39, 0.29) is 12.1 Å². The number of thiazole rings is 1. The number of nitrogens with zero attached hydrogens (tertiary/aromatic N) is 3. The van der Waals surface area contributed by atoms with Crippen molar-refractivity contribution in [2.75, 3.05) is 13.7 Å². The average molecular weight is 294 g/mol. The zero-order chi connectivity index (χ0) is 14.5. The van der Waals surface area contributed by atoms with E-state index >= 15 is 0 Å². The molecule has 2 aromatic rings. The van der Waals surface area contributed by atoms with Gasteiger partial charge in [-0.1, -0.05) is 6.92 Å². The molecule has 0 saturated heterocycles. The predicted octanol–water partition coefficient (Wildman–Crippen LogP) is 3.02. The van der Waals surface area contributed by atoms with Gasteiger partial charge in [-0.2, -0.15) is 5.10 Å². The van der Waals surface area contributed by atoms with Crippen LogP contribution >= 0.6 is 11.3 Å². The highest BCUT2D eigenvalue weighted by Gasteiger charge is 2.25. The molecule has 2 aromatic heterocycles. The molecule has 0 fully saturated rings. The Morgan fingerprint density at radius 2 is 2.25 bits per heavy atom. The Balaban J connectivity index is 2.44. The minimum atomic E-state index is 0.0149. The third kappa shape index (κ3) is 3.02. The van der Waals surface area contributed by atoms with E-state index in [0.717, 1.165) is 30.1 Å². The third-order valence-electron chi connectivity index (χ3n) is 3.13. The number of ether oxygens (including phenoxy) is 1. The van der Waals surface area contributed by atoms with E-state index in [9.17, 15) is 0 Å². The van der Waals surface area contributed by atoms with Gasteiger partial charge in [0.15, 0.2) is 5.75 Å². The minimum absolute atomic E-state index is 0.0149. The van der Waals surface area contributed by atoms with E-state index in [1.165, 1.54) is 0 Å². The molecule has 110 valence electrons. The molecule has 0 aromatic carbocycles. The van der Waals surface area contributed by atoms with Crippen molar-refractivity contribution < 1.29 is 4.74 Å². The molecular formula is C14H22N4OS. The number of hydrogen-bond donors (Lipinski definition) is 1. The van der Waals surface area contributed by atoms with E-state index in [4.69, 9.17) is 4.74 Å². The largest absolute Gasteiger partial charge is 0.493 e. The lowest BCUT2D eigenvalue weighted by atomic mass is 10.1. The number of rotatable bonds is 7. The maximum absolute atomic E-state index is 5.49. The third-order valence-corrected chi connectivity index (χ3v) is 3.73. The quantitative estimate of drug-likeness (QED) is 0.853. The summed E-state index contributed by atoms with van der Waals surface area (Å²) >= 11 is 1.60. The van der Waals surface area contributed by atoms with Crippen molar-refractivity contribution in [1.29, 1.82) is 0 Å². The summed E-state index contributed by atoms with van der Waals surface area (Å²) in [6, 6.07) is 0.291. The first-order valence-corrected chi connectivity index (χ1v) is 7.86. The Morgan fingerprint density at radius 1 is 1.45 bits per heavy atom. The van der Waals surface area contributed by atoms with Crippen molar-refractivity contribution in [3.8, 4) is 5.75 Å². The maximum Gasteiger partial charge on any atom is 0.162 e. The topological polar surface area (TPSA) is 52.0 Å². The highest BCUT2D eigenvalue weighted by atomic mass is 32.1. The van der Waals surface area contributed by atoms with Gasteiger partial charge in [-0.15, -0.1) is 11.3 Å². The minimum Gasteiger partial charge on any atom is -0.493 e. The second-order valence-electron chi connectivity index (χ2n) is 4.94. The zero-order valence-corrected chi connectivity index (χ0v) is 13.3. The fourth-order valence-electron chi connectivity index (χ4n) is 2.19. The van der Waals surface area contributed by atoms with Crippen molar-refractivity contribution in [3.05, 3.63) is 28.5 Å². The SMILES string of the molecule is CCCNC(c1cscn1)c1c(OC)cnn1C(C)C. The molecule has 1 unspecified atom stereocenters. The lowest BCUT2D eigenvalue weighted by Crippen LogP contribution is -2.27. The molecule has 0 bridgehead atoms. The summed E-state index contributed by atoms with van der Waals surface area (Å²) in [5.74, 6) is 0.806. The van der Waals surface area contributed by atoms with Gasteiger partial charge in [-0.3, -0.25) is 4.68 Å². The van der Waals surface area contributed by atoms with Crippen LogP contribution in [0.5, 0.6) is 5.75 Å². The molecule has 20 heavy (non-hydrogen) atoms. The summed E-state index contributed by atoms with van der Waals surface area (Å²) in [4.78, 5) is 4.46. The standard InChI is InChI=1S/C14H22N4OS/c1-5-6-15-13(11-8-20-9-16-11)14-12(19-4)7-17-18(14)10(2)3/h7-10,13,15H,5-6H2,1-4H3. The van der Waals surface area contributed by atoms with Crippen molar-refractivity contribution in [3.63, 3.8) is 0 Å². The van der Waals surface area contributed by atoms with Crippen LogP contribution in [0.3, 0.4) is 0 Å². The van der Waals surface area contributed by atoms with Crippen LogP contribution in [-0.4, -0.2) is 28.4 Å². The van der Waals surface area contributed by atoms with Gasteiger partial charge in [-0.25, -0.2) is 4.98 Å². The number of aromatic nitrogens is 3. The average Bonchev–Trinajstić information content (AvgIpc) is 3.08. The monoisotopic (exact) mass is 294 g/mol. The molecule has 0 radical (unpaired) electrons. The van der Waals surface area contributed by atoms with Gasteiger partial charge in [0, 0.05) is 11.4 Å². The van der Waals surface area contributed by atoms with Gasteiger partial charge in [0.2, 0.25) is 0 Å². The van der Waals surface area contributed by atoms with Gasteiger partial charge < -0.3 is 10.1 Å². The molecule has 5 nitrogen and oxygen atoms in total. The van der Waals surface area contributed by atoms with Crippen LogP contribution in [0.15, 0.2) is 17.1 Å². The Hall–Kier alpha value is -1.40. The summed E-state index contributed by atoms with van der Waals surface area (Å²) in [7, 11) is 1.68. The predicted molar refractivity (Wildman–Crippen MR) is 81.4 cm³/mol. The van der Waals surface area contributed by atoms with Crippen molar-refractivity contribution >= 4 is 11.3 Å². The summed E-state index contributed by atoms with van der Waals surface area (Å²) in [5, 5.41) is 10.1. The molecule has 0 saturated carbocycles. The Labute approximate surface area is 124 Å². The molecule has 1 atom stereocenters. The van der Waals surface area contributed by atoms with Crippen molar-refractivity contribution in [2.45, 2.75) is 39.3 Å². The van der Waals surface area contributed by atoms with Crippen LogP contribution < -0.4 is 10.1 Å². The van der Waals surface area contributed by atoms with E-state index in [1.54, 1.807) is 24.6 Å². The van der Waals surface area contributed by atoms with Gasteiger partial charge in [0.25, 0.3) is 0 Å². The highest BCUT2D eigenvalue weighted by Crippen LogP contribution is 2.31. The van der Waals surface area contributed by atoms with Crippen molar-refractivity contribution in [1.82, 2.24) is 20.1 Å². The van der Waals surface area contributed by atoms with Crippen LogP contribution in [0.2, 0.25) is 0 Å².